The second-order valence-corrected chi connectivity index (χ2v) is 6.74. The van der Waals surface area contributed by atoms with Gasteiger partial charge in [0.2, 0.25) is 0 Å². The van der Waals surface area contributed by atoms with Crippen molar-refractivity contribution < 1.29 is 19.1 Å². The van der Waals surface area contributed by atoms with E-state index in [1.165, 1.54) is 11.3 Å². The molecule has 134 valence electrons. The Morgan fingerprint density at radius 2 is 1.85 bits per heavy atom. The van der Waals surface area contributed by atoms with Gasteiger partial charge in [-0.25, -0.2) is 4.79 Å². The van der Waals surface area contributed by atoms with Crippen LogP contribution in [0.2, 0.25) is 0 Å². The fourth-order valence-corrected chi connectivity index (χ4v) is 3.51. The number of thiophene rings is 1. The molecule has 3 aromatic rings. The van der Waals surface area contributed by atoms with Crippen LogP contribution in [0.3, 0.4) is 0 Å². The lowest BCUT2D eigenvalue weighted by Crippen LogP contribution is -2.19. The predicted molar refractivity (Wildman–Crippen MR) is 103 cm³/mol. The van der Waals surface area contributed by atoms with E-state index >= 15 is 0 Å². The third-order valence-electron chi connectivity index (χ3n) is 3.73. The Kier molecular flexibility index (Phi) is 5.53. The highest BCUT2D eigenvalue weighted by Gasteiger charge is 2.16. The monoisotopic (exact) mass is 369 g/mol. The maximum atomic E-state index is 12.1. The molecule has 0 spiro atoms. The number of anilines is 1. The van der Waals surface area contributed by atoms with Gasteiger partial charge < -0.3 is 14.8 Å². The summed E-state index contributed by atoms with van der Waals surface area (Å²) in [6.45, 7) is 3.78. The minimum Gasteiger partial charge on any atom is -0.484 e. The Bertz CT molecular complexity index is 948. The van der Waals surface area contributed by atoms with Crippen LogP contribution in [0.25, 0.3) is 10.8 Å². The van der Waals surface area contributed by atoms with E-state index in [2.05, 4.69) is 5.32 Å². The average molecular weight is 369 g/mol. The van der Waals surface area contributed by atoms with Crippen LogP contribution in [0.15, 0.2) is 48.5 Å². The summed E-state index contributed by atoms with van der Waals surface area (Å²) in [4.78, 5) is 24.5. The quantitative estimate of drug-likeness (QED) is 0.654. The number of fused-ring (bicyclic) bond motifs is 1. The maximum Gasteiger partial charge on any atom is 0.348 e. The molecule has 0 aliphatic heterocycles. The van der Waals surface area contributed by atoms with Crippen LogP contribution in [0, 0.1) is 6.92 Å². The Hall–Kier alpha value is -2.86. The molecule has 1 heterocycles. The summed E-state index contributed by atoms with van der Waals surface area (Å²) in [6, 6.07) is 15.4. The second kappa shape index (κ2) is 8.01. The molecule has 0 unspecified atom stereocenters. The van der Waals surface area contributed by atoms with Crippen molar-refractivity contribution in [2.75, 3.05) is 18.5 Å². The van der Waals surface area contributed by atoms with Crippen LogP contribution < -0.4 is 10.1 Å². The highest BCUT2D eigenvalue weighted by Crippen LogP contribution is 2.27. The van der Waals surface area contributed by atoms with Gasteiger partial charge in [0.1, 0.15) is 10.6 Å². The number of hydrogen-bond donors (Lipinski definition) is 1. The number of amides is 1. The first-order valence-electron chi connectivity index (χ1n) is 8.26. The third kappa shape index (κ3) is 4.21. The standard InChI is InChI=1S/C20H19NO4S/c1-3-24-20(23)19-13(2)10-18(26-19)21-17(22)12-25-16-9-8-14-6-4-5-7-15(14)11-16/h4-11H,3,12H2,1-2H3,(H,21,22). The van der Waals surface area contributed by atoms with Crippen LogP contribution in [0.1, 0.15) is 22.2 Å². The molecule has 0 saturated heterocycles. The van der Waals surface area contributed by atoms with Crippen molar-refractivity contribution in [1.29, 1.82) is 0 Å². The average Bonchev–Trinajstić information content (AvgIpc) is 3.00. The number of nitrogens with one attached hydrogen (secondary N) is 1. The molecule has 0 saturated carbocycles. The maximum absolute atomic E-state index is 12.1. The zero-order valence-electron chi connectivity index (χ0n) is 14.6. The molecule has 5 nitrogen and oxygen atoms in total. The first-order valence-corrected chi connectivity index (χ1v) is 9.07. The summed E-state index contributed by atoms with van der Waals surface area (Å²) in [5, 5.41) is 5.52. The molecule has 1 N–H and O–H groups in total. The van der Waals surface area contributed by atoms with Crippen molar-refractivity contribution in [2.24, 2.45) is 0 Å². The number of ether oxygens (including phenoxy) is 2. The molecule has 0 aliphatic carbocycles. The summed E-state index contributed by atoms with van der Waals surface area (Å²) < 4.78 is 10.6. The van der Waals surface area contributed by atoms with E-state index in [1.807, 2.05) is 49.4 Å². The SMILES string of the molecule is CCOC(=O)c1sc(NC(=O)COc2ccc3ccccc3c2)cc1C. The van der Waals surface area contributed by atoms with Gasteiger partial charge in [-0.15, -0.1) is 11.3 Å². The fraction of sp³-hybridized carbons (Fsp3) is 0.200. The molecular weight excluding hydrogens is 350 g/mol. The molecule has 26 heavy (non-hydrogen) atoms. The number of rotatable bonds is 6. The number of esters is 1. The lowest BCUT2D eigenvalue weighted by Gasteiger charge is -2.07. The molecule has 0 radical (unpaired) electrons. The van der Waals surface area contributed by atoms with E-state index in [0.717, 1.165) is 16.3 Å². The topological polar surface area (TPSA) is 64.6 Å². The van der Waals surface area contributed by atoms with Crippen molar-refractivity contribution in [1.82, 2.24) is 0 Å². The lowest BCUT2D eigenvalue weighted by atomic mass is 10.1. The Morgan fingerprint density at radius 1 is 1.08 bits per heavy atom. The summed E-state index contributed by atoms with van der Waals surface area (Å²) in [5.41, 5.74) is 0.777. The number of benzene rings is 2. The zero-order valence-corrected chi connectivity index (χ0v) is 15.4. The van der Waals surface area contributed by atoms with Gasteiger partial charge in [0.05, 0.1) is 11.6 Å². The molecular formula is C20H19NO4S. The van der Waals surface area contributed by atoms with E-state index in [-0.39, 0.29) is 18.5 Å². The first-order chi connectivity index (χ1) is 12.6. The number of aryl methyl sites for hydroxylation is 1. The van der Waals surface area contributed by atoms with Crippen LogP contribution >= 0.6 is 11.3 Å². The van der Waals surface area contributed by atoms with Crippen LogP contribution in [0.5, 0.6) is 5.75 Å². The molecule has 1 aromatic heterocycles. The van der Waals surface area contributed by atoms with Gasteiger partial charge in [0, 0.05) is 0 Å². The molecule has 0 bridgehead atoms. The summed E-state index contributed by atoms with van der Waals surface area (Å²) in [5.74, 6) is -0.0221. The minimum absolute atomic E-state index is 0.107. The summed E-state index contributed by atoms with van der Waals surface area (Å²) in [7, 11) is 0. The van der Waals surface area contributed by atoms with Crippen molar-refractivity contribution in [2.45, 2.75) is 13.8 Å². The highest BCUT2D eigenvalue weighted by molar-refractivity contribution is 7.18. The summed E-state index contributed by atoms with van der Waals surface area (Å²) >= 11 is 1.20. The van der Waals surface area contributed by atoms with E-state index in [9.17, 15) is 9.59 Å². The van der Waals surface area contributed by atoms with E-state index < -0.39 is 0 Å². The molecule has 3 rings (SSSR count). The van der Waals surface area contributed by atoms with Gasteiger partial charge in [0.15, 0.2) is 6.61 Å². The largest absolute Gasteiger partial charge is 0.484 e. The van der Waals surface area contributed by atoms with Crippen molar-refractivity contribution >= 4 is 39.0 Å². The van der Waals surface area contributed by atoms with Gasteiger partial charge in [0.25, 0.3) is 5.91 Å². The van der Waals surface area contributed by atoms with E-state index in [4.69, 9.17) is 9.47 Å². The number of carbonyl (C=O) groups is 2. The zero-order chi connectivity index (χ0) is 18.5. The van der Waals surface area contributed by atoms with Crippen molar-refractivity contribution in [3.63, 3.8) is 0 Å². The lowest BCUT2D eigenvalue weighted by molar-refractivity contribution is -0.118. The fourth-order valence-electron chi connectivity index (χ4n) is 2.52. The molecule has 0 aliphatic rings. The Balaban J connectivity index is 1.60. The smallest absolute Gasteiger partial charge is 0.348 e. The van der Waals surface area contributed by atoms with Crippen LogP contribution in [-0.2, 0) is 9.53 Å². The molecule has 6 heteroatoms. The van der Waals surface area contributed by atoms with Gasteiger partial charge in [-0.2, -0.15) is 0 Å². The van der Waals surface area contributed by atoms with Gasteiger partial charge >= 0.3 is 5.97 Å². The van der Waals surface area contributed by atoms with E-state index in [0.29, 0.717) is 22.2 Å². The Labute approximate surface area is 155 Å². The van der Waals surface area contributed by atoms with E-state index in [1.54, 1.807) is 13.0 Å². The van der Waals surface area contributed by atoms with Crippen LogP contribution in [0.4, 0.5) is 5.00 Å². The normalized spacial score (nSPS) is 10.5. The summed E-state index contributed by atoms with van der Waals surface area (Å²) in [6.07, 6.45) is 0. The Morgan fingerprint density at radius 3 is 2.62 bits per heavy atom. The molecule has 0 atom stereocenters. The first kappa shape index (κ1) is 17.9. The minimum atomic E-state index is -0.372. The van der Waals surface area contributed by atoms with Crippen LogP contribution in [-0.4, -0.2) is 25.1 Å². The van der Waals surface area contributed by atoms with Crippen molar-refractivity contribution in [3.8, 4) is 5.75 Å². The van der Waals surface area contributed by atoms with Gasteiger partial charge in [-0.05, 0) is 48.4 Å². The van der Waals surface area contributed by atoms with Gasteiger partial charge in [-0.3, -0.25) is 4.79 Å². The van der Waals surface area contributed by atoms with Gasteiger partial charge in [-0.1, -0.05) is 30.3 Å². The highest BCUT2D eigenvalue weighted by atomic mass is 32.1. The number of carbonyl (C=O) groups excluding carboxylic acids is 2. The number of hydrogen-bond acceptors (Lipinski definition) is 5. The molecule has 1 amide bonds. The molecule has 2 aromatic carbocycles. The van der Waals surface area contributed by atoms with Crippen molar-refractivity contribution in [3.05, 3.63) is 59.0 Å². The second-order valence-electron chi connectivity index (χ2n) is 5.69. The predicted octanol–water partition coefficient (Wildman–Crippen LogP) is 4.40. The molecule has 0 fully saturated rings. The third-order valence-corrected chi connectivity index (χ3v) is 4.86.